The van der Waals surface area contributed by atoms with E-state index in [0.29, 0.717) is 41.8 Å². The number of allylic oxidation sites excluding steroid dienone is 1. The molecule has 8 atom stereocenters. The van der Waals surface area contributed by atoms with Crippen molar-refractivity contribution in [3.05, 3.63) is 11.6 Å². The third-order valence-electron chi connectivity index (χ3n) is 10.1. The molecular weight excluding hydrogens is 370 g/mol. The van der Waals surface area contributed by atoms with Crippen LogP contribution in [0.2, 0.25) is 0 Å². The maximum absolute atomic E-state index is 15.7. The lowest BCUT2D eigenvalue weighted by Gasteiger charge is -2.59. The topological polar surface area (TPSA) is 18.5 Å². The van der Waals surface area contributed by atoms with Gasteiger partial charge in [0.1, 0.15) is 6.10 Å². The Morgan fingerprint density at radius 1 is 1.00 bits per heavy atom. The minimum atomic E-state index is -2.87. The zero-order valence-electron chi connectivity index (χ0n) is 18.4. The van der Waals surface area contributed by atoms with Crippen LogP contribution >= 0.6 is 0 Å². The number of alkyl halides is 2. The summed E-state index contributed by atoms with van der Waals surface area (Å²) in [6.07, 6.45) is 10.3. The molecule has 3 saturated carbocycles. The second-order valence-electron chi connectivity index (χ2n) is 11.3. The van der Waals surface area contributed by atoms with Crippen LogP contribution in [-0.4, -0.2) is 24.9 Å². The van der Waals surface area contributed by atoms with Crippen molar-refractivity contribution in [2.75, 3.05) is 6.61 Å². The number of rotatable bonds is 2. The minimum absolute atomic E-state index is 0.368. The summed E-state index contributed by atoms with van der Waals surface area (Å²) in [6.45, 7) is 7.68. The van der Waals surface area contributed by atoms with Crippen molar-refractivity contribution < 1.29 is 18.3 Å². The van der Waals surface area contributed by atoms with Gasteiger partial charge in [-0.25, -0.2) is 0 Å². The lowest BCUT2D eigenvalue weighted by Crippen LogP contribution is -2.56. The second-order valence-corrected chi connectivity index (χ2v) is 11.3. The molecular formula is C25H38F2O2. The van der Waals surface area contributed by atoms with E-state index in [1.165, 1.54) is 19.3 Å². The molecule has 0 aromatic carbocycles. The Bertz CT molecular complexity index is 670. The van der Waals surface area contributed by atoms with Gasteiger partial charge in [-0.1, -0.05) is 26.8 Å². The van der Waals surface area contributed by atoms with Crippen LogP contribution in [0.25, 0.3) is 0 Å². The van der Waals surface area contributed by atoms with Gasteiger partial charge in [0.05, 0.1) is 0 Å². The zero-order chi connectivity index (χ0) is 20.4. The summed E-state index contributed by atoms with van der Waals surface area (Å²) in [6, 6.07) is 0. The molecule has 4 aliphatic carbocycles. The first-order valence-corrected chi connectivity index (χ1v) is 12.1. The van der Waals surface area contributed by atoms with Crippen molar-refractivity contribution in [2.45, 2.75) is 103 Å². The van der Waals surface area contributed by atoms with Gasteiger partial charge < -0.3 is 9.47 Å². The first-order chi connectivity index (χ1) is 13.8. The van der Waals surface area contributed by atoms with Crippen LogP contribution in [0.5, 0.6) is 0 Å². The highest BCUT2D eigenvalue weighted by Gasteiger charge is 2.63. The highest BCUT2D eigenvalue weighted by Crippen LogP contribution is 2.67. The quantitative estimate of drug-likeness (QED) is 0.471. The molecule has 164 valence electrons. The van der Waals surface area contributed by atoms with Crippen LogP contribution < -0.4 is 0 Å². The van der Waals surface area contributed by atoms with E-state index in [0.717, 1.165) is 44.4 Å². The van der Waals surface area contributed by atoms with Gasteiger partial charge in [-0.2, -0.15) is 8.78 Å². The van der Waals surface area contributed by atoms with Crippen molar-refractivity contribution in [3.8, 4) is 0 Å². The molecule has 5 aliphatic rings. The number of hydrogen-bond donors (Lipinski definition) is 0. The fourth-order valence-corrected chi connectivity index (χ4v) is 8.13. The van der Waals surface area contributed by atoms with E-state index in [-0.39, 0.29) is 5.41 Å². The van der Waals surface area contributed by atoms with Gasteiger partial charge in [0.25, 0.3) is 5.92 Å². The highest BCUT2D eigenvalue weighted by molar-refractivity contribution is 5.32. The van der Waals surface area contributed by atoms with E-state index in [9.17, 15) is 0 Å². The fourth-order valence-electron chi connectivity index (χ4n) is 8.13. The molecule has 4 fully saturated rings. The maximum atomic E-state index is 15.7. The third-order valence-corrected chi connectivity index (χ3v) is 10.1. The molecule has 29 heavy (non-hydrogen) atoms. The Kier molecular flexibility index (Phi) is 4.94. The average Bonchev–Trinajstić information content (AvgIpc) is 3.00. The molecule has 0 spiro atoms. The summed E-state index contributed by atoms with van der Waals surface area (Å²) in [5, 5.41) is 0. The standard InChI is InChI=1S/C25H38F2O2/c1-16-7-9-18-17-8-10-20-24(3,19(17)11-13-23(16,18)2)14-12-21(25(20,26)27)29-22-6-4-5-15-28-22/h10,16-19,21-22H,4-9,11-15H2,1-3H3/t16-,17+,18+,19+,21+,22?,23-,24-/m1/s1. The summed E-state index contributed by atoms with van der Waals surface area (Å²) in [5.41, 5.74) is 0.449. The molecule has 1 saturated heterocycles. The largest absolute Gasteiger partial charge is 0.353 e. The fraction of sp³-hybridized carbons (Fsp3) is 0.920. The molecule has 0 radical (unpaired) electrons. The summed E-state index contributed by atoms with van der Waals surface area (Å²) < 4.78 is 42.9. The van der Waals surface area contributed by atoms with Crippen LogP contribution in [0.4, 0.5) is 8.78 Å². The molecule has 0 aromatic rings. The van der Waals surface area contributed by atoms with Crippen LogP contribution in [0.1, 0.15) is 85.0 Å². The maximum Gasteiger partial charge on any atom is 0.295 e. The van der Waals surface area contributed by atoms with Crippen molar-refractivity contribution in [3.63, 3.8) is 0 Å². The highest BCUT2D eigenvalue weighted by atomic mass is 19.3. The molecule has 1 heterocycles. The van der Waals surface area contributed by atoms with Gasteiger partial charge in [-0.3, -0.25) is 0 Å². The van der Waals surface area contributed by atoms with Gasteiger partial charge >= 0.3 is 0 Å². The van der Waals surface area contributed by atoms with Crippen LogP contribution in [-0.2, 0) is 9.47 Å². The van der Waals surface area contributed by atoms with E-state index in [2.05, 4.69) is 20.8 Å². The molecule has 2 nitrogen and oxygen atoms in total. The van der Waals surface area contributed by atoms with E-state index in [1.54, 1.807) is 0 Å². The lowest BCUT2D eigenvalue weighted by atomic mass is 9.47. The monoisotopic (exact) mass is 408 g/mol. The van der Waals surface area contributed by atoms with Crippen molar-refractivity contribution in [1.29, 1.82) is 0 Å². The molecule has 4 heteroatoms. The van der Waals surface area contributed by atoms with Crippen LogP contribution in [0.15, 0.2) is 11.6 Å². The Hall–Kier alpha value is -0.480. The first kappa shape index (κ1) is 20.4. The molecule has 1 unspecified atom stereocenters. The Labute approximate surface area is 174 Å². The van der Waals surface area contributed by atoms with E-state index in [1.807, 2.05) is 6.08 Å². The van der Waals surface area contributed by atoms with Crippen LogP contribution in [0.3, 0.4) is 0 Å². The summed E-state index contributed by atoms with van der Waals surface area (Å²) in [7, 11) is 0. The smallest absolute Gasteiger partial charge is 0.295 e. The number of fused-ring (bicyclic) bond motifs is 5. The van der Waals surface area contributed by atoms with E-state index in [4.69, 9.17) is 9.47 Å². The summed E-state index contributed by atoms with van der Waals surface area (Å²) in [4.78, 5) is 0. The second kappa shape index (κ2) is 7.02. The minimum Gasteiger partial charge on any atom is -0.353 e. The van der Waals surface area contributed by atoms with E-state index < -0.39 is 18.3 Å². The van der Waals surface area contributed by atoms with Crippen molar-refractivity contribution in [2.24, 2.45) is 34.5 Å². The molecule has 0 amide bonds. The number of halogens is 2. The number of ether oxygens (including phenoxy) is 2. The van der Waals surface area contributed by atoms with Crippen molar-refractivity contribution >= 4 is 0 Å². The lowest BCUT2D eigenvalue weighted by molar-refractivity contribution is -0.246. The van der Waals surface area contributed by atoms with Gasteiger partial charge in [0, 0.05) is 12.2 Å². The van der Waals surface area contributed by atoms with E-state index >= 15 is 8.78 Å². The molecule has 0 aromatic heterocycles. The van der Waals surface area contributed by atoms with Crippen LogP contribution in [0, 0.1) is 34.5 Å². The summed E-state index contributed by atoms with van der Waals surface area (Å²) in [5.74, 6) is -0.398. The molecule has 1 aliphatic heterocycles. The van der Waals surface area contributed by atoms with Gasteiger partial charge in [0.2, 0.25) is 0 Å². The summed E-state index contributed by atoms with van der Waals surface area (Å²) >= 11 is 0. The SMILES string of the molecule is C[C@@H]1CC[C@H]2[C@@H]3CC=C4C(F)(F)[C@@H](OC5CCCCO5)CC[C@]4(C)[C@H]3CC[C@]12C. The number of hydrogen-bond acceptors (Lipinski definition) is 2. The van der Waals surface area contributed by atoms with Crippen molar-refractivity contribution in [1.82, 2.24) is 0 Å². The Morgan fingerprint density at radius 2 is 1.83 bits per heavy atom. The molecule has 5 rings (SSSR count). The predicted molar refractivity (Wildman–Crippen MR) is 110 cm³/mol. The molecule has 0 N–H and O–H groups in total. The van der Waals surface area contributed by atoms with Gasteiger partial charge in [0.15, 0.2) is 6.29 Å². The Morgan fingerprint density at radius 3 is 2.59 bits per heavy atom. The van der Waals surface area contributed by atoms with Gasteiger partial charge in [-0.05, 0) is 98.7 Å². The van der Waals surface area contributed by atoms with Gasteiger partial charge in [-0.15, -0.1) is 0 Å². The zero-order valence-corrected chi connectivity index (χ0v) is 18.4. The Balaban J connectivity index is 1.40. The normalized spacial score (nSPS) is 51.6. The third kappa shape index (κ3) is 2.98. The first-order valence-electron chi connectivity index (χ1n) is 12.1. The molecule has 0 bridgehead atoms. The predicted octanol–water partition coefficient (Wildman–Crippen LogP) is 6.74. The average molecular weight is 409 g/mol.